The zero-order valence-corrected chi connectivity index (χ0v) is 17.3. The summed E-state index contributed by atoms with van der Waals surface area (Å²) < 4.78 is 28.8. The monoisotopic (exact) mass is 437 g/mol. The number of aromatic carboxylic acids is 1. The highest BCUT2D eigenvalue weighted by atomic mass is 32.2. The molecule has 0 fully saturated rings. The number of hydrogen-bond donors (Lipinski definition) is 2. The fourth-order valence-corrected chi connectivity index (χ4v) is 4.43. The molecule has 0 heterocycles. The van der Waals surface area contributed by atoms with Crippen molar-refractivity contribution in [2.45, 2.75) is 10.8 Å². The zero-order valence-electron chi connectivity index (χ0n) is 16.5. The van der Waals surface area contributed by atoms with Gasteiger partial charge < -0.3 is 9.84 Å². The van der Waals surface area contributed by atoms with Crippen LogP contribution in [0.4, 0.5) is 10.5 Å². The Morgan fingerprint density at radius 2 is 1.55 bits per heavy atom. The lowest BCUT2D eigenvalue weighted by molar-refractivity contribution is 0.0697. The van der Waals surface area contributed by atoms with Crippen LogP contribution in [-0.4, -0.2) is 38.4 Å². The maximum absolute atomic E-state index is 12.4. The summed E-state index contributed by atoms with van der Waals surface area (Å²) in [5.74, 6) is -1.50. The van der Waals surface area contributed by atoms with Crippen molar-refractivity contribution in [3.63, 3.8) is 0 Å². The number of carboxylic acids is 1. The van der Waals surface area contributed by atoms with E-state index in [2.05, 4.69) is 5.32 Å². The molecule has 3 aromatic carbocycles. The standard InChI is InChI=1S/C23H19NO6S/c1-31(28,29)14-10-11-21(19(12-14)22(25)26)24-23(27)30-13-20-17-8-4-2-6-15(17)16-7-3-5-9-18(16)20/h2-12,20H,13H2,1H3,(H,24,27)(H,25,26). The molecular formula is C23H19NO6S. The van der Waals surface area contributed by atoms with Gasteiger partial charge >= 0.3 is 12.1 Å². The van der Waals surface area contributed by atoms with E-state index in [1.165, 1.54) is 12.1 Å². The molecule has 0 atom stereocenters. The summed E-state index contributed by atoms with van der Waals surface area (Å²) in [6, 6.07) is 19.3. The molecule has 0 saturated carbocycles. The Bertz CT molecular complexity index is 1250. The molecule has 0 bridgehead atoms. The highest BCUT2D eigenvalue weighted by Crippen LogP contribution is 2.44. The minimum absolute atomic E-state index is 0.0443. The third kappa shape index (κ3) is 4.02. The molecule has 31 heavy (non-hydrogen) atoms. The molecule has 1 aliphatic rings. The predicted octanol–water partition coefficient (Wildman–Crippen LogP) is 4.15. The molecule has 158 valence electrons. The predicted molar refractivity (Wildman–Crippen MR) is 115 cm³/mol. The Labute approximate surface area is 179 Å². The van der Waals surface area contributed by atoms with Gasteiger partial charge in [-0.2, -0.15) is 0 Å². The van der Waals surface area contributed by atoms with Gasteiger partial charge in [0.25, 0.3) is 0 Å². The Balaban J connectivity index is 1.53. The maximum atomic E-state index is 12.4. The summed E-state index contributed by atoms with van der Waals surface area (Å²) in [6.07, 6.45) is 0.156. The number of benzene rings is 3. The van der Waals surface area contributed by atoms with E-state index in [1.807, 2.05) is 48.5 Å². The smallest absolute Gasteiger partial charge is 0.411 e. The maximum Gasteiger partial charge on any atom is 0.411 e. The second-order valence-corrected chi connectivity index (χ2v) is 9.25. The van der Waals surface area contributed by atoms with E-state index in [9.17, 15) is 23.1 Å². The fourth-order valence-electron chi connectivity index (χ4n) is 3.78. The SMILES string of the molecule is CS(=O)(=O)c1ccc(NC(=O)OCC2c3ccccc3-c3ccccc32)c(C(=O)O)c1. The van der Waals surface area contributed by atoms with Gasteiger partial charge in [-0.05, 0) is 40.5 Å². The molecule has 0 aromatic heterocycles. The Kier molecular flexibility index (Phi) is 5.24. The van der Waals surface area contributed by atoms with E-state index in [1.54, 1.807) is 0 Å². The summed E-state index contributed by atoms with van der Waals surface area (Å²) in [5, 5.41) is 11.8. The minimum Gasteiger partial charge on any atom is -0.478 e. The van der Waals surface area contributed by atoms with Crippen LogP contribution in [-0.2, 0) is 14.6 Å². The van der Waals surface area contributed by atoms with Gasteiger partial charge in [0.1, 0.15) is 6.61 Å². The number of fused-ring (bicyclic) bond motifs is 3. The summed E-state index contributed by atoms with van der Waals surface area (Å²) >= 11 is 0. The highest BCUT2D eigenvalue weighted by molar-refractivity contribution is 7.90. The number of amides is 1. The van der Waals surface area contributed by atoms with Gasteiger partial charge in [-0.3, -0.25) is 5.32 Å². The Morgan fingerprint density at radius 3 is 2.10 bits per heavy atom. The molecule has 2 N–H and O–H groups in total. The molecule has 0 spiro atoms. The number of rotatable bonds is 5. The molecule has 1 aliphatic carbocycles. The summed E-state index contributed by atoms with van der Waals surface area (Å²) in [6.45, 7) is 0.0731. The molecule has 0 saturated heterocycles. The lowest BCUT2D eigenvalue weighted by atomic mass is 9.98. The van der Waals surface area contributed by atoms with Crippen molar-refractivity contribution in [1.82, 2.24) is 0 Å². The first kappa shape index (κ1) is 20.6. The number of carbonyl (C=O) groups is 2. The lowest BCUT2D eigenvalue weighted by Crippen LogP contribution is -2.19. The van der Waals surface area contributed by atoms with Crippen molar-refractivity contribution in [3.05, 3.63) is 83.4 Å². The fraction of sp³-hybridized carbons (Fsp3) is 0.130. The number of nitrogens with one attached hydrogen (secondary N) is 1. The normalized spacial score (nSPS) is 12.7. The average molecular weight is 437 g/mol. The van der Waals surface area contributed by atoms with Crippen LogP contribution >= 0.6 is 0 Å². The van der Waals surface area contributed by atoms with E-state index in [0.29, 0.717) is 0 Å². The minimum atomic E-state index is -3.59. The number of carbonyl (C=O) groups excluding carboxylic acids is 1. The molecule has 4 rings (SSSR count). The van der Waals surface area contributed by atoms with E-state index < -0.39 is 21.9 Å². The van der Waals surface area contributed by atoms with E-state index in [4.69, 9.17) is 4.74 Å². The second-order valence-electron chi connectivity index (χ2n) is 7.24. The second kappa shape index (κ2) is 7.88. The van der Waals surface area contributed by atoms with Crippen LogP contribution < -0.4 is 5.32 Å². The van der Waals surface area contributed by atoms with Crippen molar-refractivity contribution >= 4 is 27.6 Å². The van der Waals surface area contributed by atoms with Crippen LogP contribution in [0.15, 0.2) is 71.6 Å². The topological polar surface area (TPSA) is 110 Å². The van der Waals surface area contributed by atoms with Crippen LogP contribution in [0.1, 0.15) is 27.4 Å². The first-order valence-corrected chi connectivity index (χ1v) is 11.3. The van der Waals surface area contributed by atoms with E-state index in [-0.39, 0.29) is 28.7 Å². The first-order chi connectivity index (χ1) is 14.8. The highest BCUT2D eigenvalue weighted by Gasteiger charge is 2.29. The first-order valence-electron chi connectivity index (χ1n) is 9.45. The number of ether oxygens (including phenoxy) is 1. The zero-order chi connectivity index (χ0) is 22.2. The summed E-state index contributed by atoms with van der Waals surface area (Å²) in [7, 11) is -3.59. The van der Waals surface area contributed by atoms with Crippen molar-refractivity contribution in [2.75, 3.05) is 18.2 Å². The molecule has 0 aliphatic heterocycles. The van der Waals surface area contributed by atoms with Crippen LogP contribution in [0.25, 0.3) is 11.1 Å². The molecule has 0 unspecified atom stereocenters. The van der Waals surface area contributed by atoms with Gasteiger partial charge in [-0.15, -0.1) is 0 Å². The molecule has 3 aromatic rings. The van der Waals surface area contributed by atoms with Crippen LogP contribution in [0.3, 0.4) is 0 Å². The van der Waals surface area contributed by atoms with Gasteiger partial charge in [0.05, 0.1) is 16.1 Å². The third-order valence-electron chi connectivity index (χ3n) is 5.23. The Morgan fingerprint density at radius 1 is 0.968 bits per heavy atom. The summed E-state index contributed by atoms with van der Waals surface area (Å²) in [4.78, 5) is 23.8. The number of carboxylic acid groups (broad SMARTS) is 1. The number of sulfone groups is 1. The Hall–Kier alpha value is -3.65. The average Bonchev–Trinajstić information content (AvgIpc) is 3.05. The van der Waals surface area contributed by atoms with Crippen molar-refractivity contribution < 1.29 is 27.9 Å². The van der Waals surface area contributed by atoms with E-state index in [0.717, 1.165) is 34.6 Å². The molecule has 0 radical (unpaired) electrons. The largest absolute Gasteiger partial charge is 0.478 e. The number of hydrogen-bond acceptors (Lipinski definition) is 5. The number of anilines is 1. The van der Waals surface area contributed by atoms with Gasteiger partial charge in [0.15, 0.2) is 9.84 Å². The summed E-state index contributed by atoms with van der Waals surface area (Å²) in [5.41, 5.74) is 3.92. The quantitative estimate of drug-likeness (QED) is 0.621. The molecule has 1 amide bonds. The van der Waals surface area contributed by atoms with Gasteiger partial charge in [-0.1, -0.05) is 48.5 Å². The van der Waals surface area contributed by atoms with Crippen LogP contribution in [0, 0.1) is 0 Å². The van der Waals surface area contributed by atoms with Crippen molar-refractivity contribution in [1.29, 1.82) is 0 Å². The molecule has 7 nitrogen and oxygen atoms in total. The van der Waals surface area contributed by atoms with Crippen molar-refractivity contribution in [3.8, 4) is 11.1 Å². The molecule has 8 heteroatoms. The van der Waals surface area contributed by atoms with E-state index >= 15 is 0 Å². The lowest BCUT2D eigenvalue weighted by Gasteiger charge is -2.15. The van der Waals surface area contributed by atoms with Gasteiger partial charge in [-0.25, -0.2) is 18.0 Å². The molecular weight excluding hydrogens is 418 g/mol. The van der Waals surface area contributed by atoms with Crippen molar-refractivity contribution in [2.24, 2.45) is 0 Å². The van der Waals surface area contributed by atoms with Crippen LogP contribution in [0.5, 0.6) is 0 Å². The third-order valence-corrected chi connectivity index (χ3v) is 6.34. The van der Waals surface area contributed by atoms with Gasteiger partial charge in [0.2, 0.25) is 0 Å². The van der Waals surface area contributed by atoms with Crippen LogP contribution in [0.2, 0.25) is 0 Å². The van der Waals surface area contributed by atoms with Gasteiger partial charge in [0, 0.05) is 12.2 Å².